The average molecular weight is 487 g/mol. The number of rotatable bonds is 7. The normalized spacial score (nSPS) is 17.5. The molecule has 0 unspecified atom stereocenters. The highest BCUT2D eigenvalue weighted by Crippen LogP contribution is 2.35. The lowest BCUT2D eigenvalue weighted by Crippen LogP contribution is -2.36. The number of para-hydroxylation sites is 1. The SMILES string of the molecule is [C-]#[N+]c1cc(Oc2ccccc2)ccc1C(=O)c1c[nH]c2ncc(F)c(N[C@@H]3CC[C@@H](CO)OC3)c12. The van der Waals surface area contributed by atoms with Crippen molar-refractivity contribution in [2.45, 2.75) is 25.0 Å². The van der Waals surface area contributed by atoms with E-state index in [0.717, 1.165) is 6.20 Å². The van der Waals surface area contributed by atoms with E-state index in [4.69, 9.17) is 16.0 Å². The number of H-pyrrole nitrogens is 1. The summed E-state index contributed by atoms with van der Waals surface area (Å²) in [6.45, 7) is 7.85. The van der Waals surface area contributed by atoms with Crippen LogP contribution in [0.5, 0.6) is 11.5 Å². The number of nitrogens with one attached hydrogen (secondary N) is 2. The van der Waals surface area contributed by atoms with Crippen LogP contribution in [0.25, 0.3) is 15.9 Å². The van der Waals surface area contributed by atoms with Crippen LogP contribution in [0.4, 0.5) is 15.8 Å². The molecule has 182 valence electrons. The van der Waals surface area contributed by atoms with Crippen LogP contribution in [-0.4, -0.2) is 46.2 Å². The quantitative estimate of drug-likeness (QED) is 0.244. The molecule has 3 heterocycles. The Labute approximate surface area is 206 Å². The number of aromatic amines is 1. The van der Waals surface area contributed by atoms with E-state index in [1.54, 1.807) is 18.2 Å². The van der Waals surface area contributed by atoms with Gasteiger partial charge in [0.05, 0.1) is 48.7 Å². The maximum absolute atomic E-state index is 15.0. The van der Waals surface area contributed by atoms with Crippen molar-refractivity contribution in [3.8, 4) is 11.5 Å². The van der Waals surface area contributed by atoms with Crippen LogP contribution in [0.1, 0.15) is 28.8 Å². The van der Waals surface area contributed by atoms with E-state index in [2.05, 4.69) is 20.1 Å². The zero-order chi connectivity index (χ0) is 25.1. The van der Waals surface area contributed by atoms with Crippen LogP contribution in [0.15, 0.2) is 60.9 Å². The molecule has 0 spiro atoms. The van der Waals surface area contributed by atoms with E-state index >= 15 is 0 Å². The summed E-state index contributed by atoms with van der Waals surface area (Å²) in [6, 6.07) is 13.6. The highest BCUT2D eigenvalue weighted by Gasteiger charge is 2.26. The number of fused-ring (bicyclic) bond motifs is 1. The number of benzene rings is 2. The van der Waals surface area contributed by atoms with Crippen LogP contribution in [0.3, 0.4) is 0 Å². The van der Waals surface area contributed by atoms with Crippen molar-refractivity contribution in [2.24, 2.45) is 0 Å². The standard InChI is InChI=1S/C27H23FN4O4/c1-29-23-11-18(36-17-5-3-2-4-6-17)9-10-20(23)26(34)21-12-30-27-24(21)25(22(28)13-31-27)32-16-7-8-19(14-33)35-15-16/h2-6,9-13,16,19,33H,7-8,14-15H2,(H2,30,31,32)/t16-,19+/m1/s1. The van der Waals surface area contributed by atoms with Gasteiger partial charge in [0, 0.05) is 17.8 Å². The van der Waals surface area contributed by atoms with Crippen molar-refractivity contribution in [1.29, 1.82) is 0 Å². The highest BCUT2D eigenvalue weighted by molar-refractivity contribution is 6.20. The van der Waals surface area contributed by atoms with Gasteiger partial charge in [0.1, 0.15) is 17.1 Å². The Balaban J connectivity index is 1.47. The Morgan fingerprint density at radius 3 is 2.78 bits per heavy atom. The molecule has 0 amide bonds. The first kappa shape index (κ1) is 23.5. The Morgan fingerprint density at radius 2 is 2.06 bits per heavy atom. The first-order valence-corrected chi connectivity index (χ1v) is 11.5. The number of aromatic nitrogens is 2. The topological polar surface area (TPSA) is 101 Å². The summed E-state index contributed by atoms with van der Waals surface area (Å²) in [5.41, 5.74) is 0.992. The third-order valence-electron chi connectivity index (χ3n) is 6.14. The van der Waals surface area contributed by atoms with Crippen molar-refractivity contribution in [1.82, 2.24) is 9.97 Å². The van der Waals surface area contributed by atoms with Gasteiger partial charge in [-0.15, -0.1) is 0 Å². The molecule has 2 atom stereocenters. The molecule has 1 fully saturated rings. The monoisotopic (exact) mass is 486 g/mol. The van der Waals surface area contributed by atoms with E-state index < -0.39 is 11.6 Å². The molecule has 2 aromatic heterocycles. The molecule has 9 heteroatoms. The number of hydrogen-bond acceptors (Lipinski definition) is 6. The Hall–Kier alpha value is -4.26. The maximum Gasteiger partial charge on any atom is 0.201 e. The number of aliphatic hydroxyl groups is 1. The van der Waals surface area contributed by atoms with Gasteiger partial charge in [-0.05, 0) is 37.1 Å². The number of nitrogens with zero attached hydrogens (tertiary/aromatic N) is 2. The van der Waals surface area contributed by atoms with Gasteiger partial charge in [0.25, 0.3) is 0 Å². The van der Waals surface area contributed by atoms with E-state index in [1.165, 1.54) is 18.3 Å². The van der Waals surface area contributed by atoms with Crippen LogP contribution in [0, 0.1) is 12.4 Å². The number of ether oxygens (including phenoxy) is 2. The Kier molecular flexibility index (Phi) is 6.62. The van der Waals surface area contributed by atoms with E-state index in [9.17, 15) is 14.3 Å². The number of pyridine rings is 1. The van der Waals surface area contributed by atoms with Crippen molar-refractivity contribution in [3.63, 3.8) is 0 Å². The lowest BCUT2D eigenvalue weighted by Gasteiger charge is -2.29. The molecule has 0 aliphatic carbocycles. The number of hydrogen-bond donors (Lipinski definition) is 3. The molecule has 4 aromatic rings. The summed E-state index contributed by atoms with van der Waals surface area (Å²) in [7, 11) is 0. The summed E-state index contributed by atoms with van der Waals surface area (Å²) in [4.78, 5) is 24.1. The Bertz CT molecular complexity index is 1440. The average Bonchev–Trinajstić information content (AvgIpc) is 3.35. The van der Waals surface area contributed by atoms with Gasteiger partial charge in [0.2, 0.25) is 5.69 Å². The van der Waals surface area contributed by atoms with E-state index in [1.807, 2.05) is 18.2 Å². The Morgan fingerprint density at radius 1 is 1.22 bits per heavy atom. The predicted molar refractivity (Wildman–Crippen MR) is 132 cm³/mol. The van der Waals surface area contributed by atoms with E-state index in [0.29, 0.717) is 42.0 Å². The van der Waals surface area contributed by atoms with Crippen LogP contribution < -0.4 is 10.1 Å². The molecule has 0 saturated carbocycles. The van der Waals surface area contributed by atoms with Crippen molar-refractivity contribution in [3.05, 3.63) is 89.3 Å². The molecule has 5 rings (SSSR count). The van der Waals surface area contributed by atoms with Crippen LogP contribution in [-0.2, 0) is 4.74 Å². The fraction of sp³-hybridized carbons (Fsp3) is 0.222. The smallest absolute Gasteiger partial charge is 0.201 e. The molecule has 36 heavy (non-hydrogen) atoms. The fourth-order valence-corrected chi connectivity index (χ4v) is 4.29. The fourth-order valence-electron chi connectivity index (χ4n) is 4.29. The van der Waals surface area contributed by atoms with Gasteiger partial charge in [-0.2, -0.15) is 0 Å². The number of ketones is 1. The van der Waals surface area contributed by atoms with Gasteiger partial charge < -0.3 is 24.9 Å². The second-order valence-electron chi connectivity index (χ2n) is 8.50. The minimum atomic E-state index is -0.600. The summed E-state index contributed by atoms with van der Waals surface area (Å²) in [5.74, 6) is 0.00118. The van der Waals surface area contributed by atoms with Crippen LogP contribution >= 0.6 is 0 Å². The number of carbonyl (C=O) groups is 1. The molecule has 0 radical (unpaired) electrons. The molecular formula is C27H23FN4O4. The van der Waals surface area contributed by atoms with Gasteiger partial charge >= 0.3 is 0 Å². The molecule has 1 aliphatic rings. The lowest BCUT2D eigenvalue weighted by molar-refractivity contribution is -0.0223. The first-order valence-electron chi connectivity index (χ1n) is 11.5. The minimum absolute atomic E-state index is 0.0599. The zero-order valence-electron chi connectivity index (χ0n) is 19.2. The molecule has 3 N–H and O–H groups in total. The predicted octanol–water partition coefficient (Wildman–Crippen LogP) is 5.23. The second-order valence-corrected chi connectivity index (χ2v) is 8.50. The molecule has 1 aliphatic heterocycles. The van der Waals surface area contributed by atoms with Gasteiger partial charge in [0.15, 0.2) is 11.6 Å². The molecule has 0 bridgehead atoms. The van der Waals surface area contributed by atoms with Crippen molar-refractivity contribution >= 4 is 28.2 Å². The van der Waals surface area contributed by atoms with Gasteiger partial charge in [-0.3, -0.25) is 4.79 Å². The first-order chi connectivity index (χ1) is 17.6. The summed E-state index contributed by atoms with van der Waals surface area (Å²) >= 11 is 0. The third-order valence-corrected chi connectivity index (χ3v) is 6.14. The summed E-state index contributed by atoms with van der Waals surface area (Å²) < 4.78 is 26.3. The number of aliphatic hydroxyl groups excluding tert-OH is 1. The number of carbonyl (C=O) groups excluding carboxylic acids is 1. The second kappa shape index (κ2) is 10.2. The molecule has 2 aromatic carbocycles. The molecular weight excluding hydrogens is 463 g/mol. The van der Waals surface area contributed by atoms with Crippen molar-refractivity contribution in [2.75, 3.05) is 18.5 Å². The third kappa shape index (κ3) is 4.64. The number of halogens is 1. The minimum Gasteiger partial charge on any atom is -0.459 e. The molecule has 8 nitrogen and oxygen atoms in total. The van der Waals surface area contributed by atoms with Gasteiger partial charge in [-0.1, -0.05) is 24.3 Å². The van der Waals surface area contributed by atoms with Crippen LogP contribution in [0.2, 0.25) is 0 Å². The largest absolute Gasteiger partial charge is 0.459 e. The zero-order valence-corrected chi connectivity index (χ0v) is 19.2. The highest BCUT2D eigenvalue weighted by atomic mass is 19.1. The molecule has 1 saturated heterocycles. The maximum atomic E-state index is 15.0. The lowest BCUT2D eigenvalue weighted by atomic mass is 10.00. The van der Waals surface area contributed by atoms with E-state index in [-0.39, 0.29) is 41.3 Å². The number of anilines is 1. The van der Waals surface area contributed by atoms with Crippen molar-refractivity contribution < 1.29 is 23.8 Å². The summed E-state index contributed by atoms with van der Waals surface area (Å²) in [5, 5.41) is 12.8. The van der Waals surface area contributed by atoms with Gasteiger partial charge in [-0.25, -0.2) is 14.2 Å². The summed E-state index contributed by atoms with van der Waals surface area (Å²) in [6.07, 6.45) is 3.65.